The van der Waals surface area contributed by atoms with E-state index in [1.807, 2.05) is 13.8 Å². The number of hydrogen-bond acceptors (Lipinski definition) is 2. The van der Waals surface area contributed by atoms with E-state index in [0.717, 1.165) is 18.4 Å². The Kier molecular flexibility index (Phi) is 8.91. The molecule has 1 N–H and O–H groups in total. The van der Waals surface area contributed by atoms with Crippen LogP contribution in [0, 0.1) is 11.3 Å². The summed E-state index contributed by atoms with van der Waals surface area (Å²) in [5.41, 5.74) is 1.93. The summed E-state index contributed by atoms with van der Waals surface area (Å²) in [6, 6.07) is 21.1. The van der Waals surface area contributed by atoms with E-state index in [1.165, 1.54) is 89.7 Å². The van der Waals surface area contributed by atoms with Gasteiger partial charge in [-0.3, -0.25) is 0 Å². The molecular formula is C34H48N2. The van der Waals surface area contributed by atoms with Crippen molar-refractivity contribution in [3.63, 3.8) is 0 Å². The number of piperidine rings is 2. The molecular weight excluding hydrogens is 436 g/mol. The van der Waals surface area contributed by atoms with Gasteiger partial charge in [0.05, 0.1) is 0 Å². The van der Waals surface area contributed by atoms with Crippen LogP contribution in [-0.2, 0) is 6.42 Å². The minimum atomic E-state index is 0.514. The Hall–Kier alpha value is -2.16. The van der Waals surface area contributed by atoms with Gasteiger partial charge in [-0.2, -0.15) is 0 Å². The topological polar surface area (TPSA) is 15.3 Å². The highest BCUT2D eigenvalue weighted by Gasteiger charge is 2.31. The first-order valence-corrected chi connectivity index (χ1v) is 14.6. The predicted molar refractivity (Wildman–Crippen MR) is 161 cm³/mol. The van der Waals surface area contributed by atoms with Crippen LogP contribution in [-0.4, -0.2) is 37.1 Å². The van der Waals surface area contributed by atoms with Crippen molar-refractivity contribution in [2.75, 3.05) is 26.2 Å². The van der Waals surface area contributed by atoms with Crippen LogP contribution in [0.15, 0.2) is 54.6 Å². The smallest absolute Gasteiger partial charge is 0.0119 e. The Balaban J connectivity index is 0.000000160. The van der Waals surface area contributed by atoms with Gasteiger partial charge in [0.25, 0.3) is 0 Å². The Morgan fingerprint density at radius 1 is 0.750 bits per heavy atom. The van der Waals surface area contributed by atoms with Crippen LogP contribution in [0.1, 0.15) is 72.8 Å². The molecule has 36 heavy (non-hydrogen) atoms. The van der Waals surface area contributed by atoms with Gasteiger partial charge in [-0.1, -0.05) is 96.1 Å². The Morgan fingerprint density at radius 3 is 1.75 bits per heavy atom. The van der Waals surface area contributed by atoms with Crippen molar-refractivity contribution in [3.05, 3.63) is 60.2 Å². The van der Waals surface area contributed by atoms with Crippen LogP contribution in [0.3, 0.4) is 0 Å². The van der Waals surface area contributed by atoms with Gasteiger partial charge in [0.2, 0.25) is 0 Å². The molecule has 2 saturated heterocycles. The van der Waals surface area contributed by atoms with E-state index in [2.05, 4.69) is 92.5 Å². The van der Waals surface area contributed by atoms with Crippen molar-refractivity contribution in [2.45, 2.75) is 79.7 Å². The fourth-order valence-corrected chi connectivity index (χ4v) is 6.32. The van der Waals surface area contributed by atoms with Gasteiger partial charge in [0.15, 0.2) is 0 Å². The van der Waals surface area contributed by atoms with Crippen LogP contribution in [0.4, 0.5) is 0 Å². The zero-order valence-corrected chi connectivity index (χ0v) is 23.7. The molecule has 0 saturated carbocycles. The maximum Gasteiger partial charge on any atom is 0.0119 e. The van der Waals surface area contributed by atoms with Gasteiger partial charge in [-0.05, 0) is 107 Å². The van der Waals surface area contributed by atoms with E-state index < -0.39 is 0 Å². The Bertz CT molecular complexity index is 1160. The summed E-state index contributed by atoms with van der Waals surface area (Å²) in [7, 11) is 0. The first-order valence-electron chi connectivity index (χ1n) is 14.6. The van der Waals surface area contributed by atoms with Crippen molar-refractivity contribution in [2.24, 2.45) is 11.3 Å². The normalized spacial score (nSPS) is 18.2. The lowest BCUT2D eigenvalue weighted by atomic mass is 9.75. The summed E-state index contributed by atoms with van der Waals surface area (Å²) < 4.78 is 0. The lowest BCUT2D eigenvalue weighted by Crippen LogP contribution is -2.47. The Labute approximate surface area is 219 Å². The van der Waals surface area contributed by atoms with Gasteiger partial charge in [-0.15, -0.1) is 0 Å². The third-order valence-corrected chi connectivity index (χ3v) is 8.51. The fraction of sp³-hybridized carbons (Fsp3) is 0.529. The molecule has 2 nitrogen and oxygen atoms in total. The van der Waals surface area contributed by atoms with E-state index >= 15 is 0 Å². The summed E-state index contributed by atoms with van der Waals surface area (Å²) in [4.78, 5) is 2.75. The first kappa shape index (κ1) is 26.9. The second kappa shape index (κ2) is 11.9. The number of nitrogens with zero attached hydrogens (tertiary/aromatic N) is 1. The minimum Gasteiger partial charge on any atom is -0.317 e. The summed E-state index contributed by atoms with van der Waals surface area (Å²) in [6.45, 7) is 18.5. The third-order valence-electron chi connectivity index (χ3n) is 8.51. The zero-order chi connectivity index (χ0) is 25.7. The maximum absolute atomic E-state index is 3.46. The van der Waals surface area contributed by atoms with Crippen molar-refractivity contribution in [1.29, 1.82) is 0 Å². The molecule has 2 heterocycles. The molecule has 2 aliphatic heterocycles. The molecule has 0 radical (unpaired) electrons. The lowest BCUT2D eigenvalue weighted by molar-refractivity contribution is 0.0711. The molecule has 0 atom stereocenters. The molecule has 0 spiro atoms. The molecule has 2 aliphatic rings. The summed E-state index contributed by atoms with van der Waals surface area (Å²) in [5, 5.41) is 11.7. The van der Waals surface area contributed by atoms with Crippen LogP contribution in [0.5, 0.6) is 0 Å². The molecule has 4 aromatic rings. The number of hydrogen-bond donors (Lipinski definition) is 1. The quantitative estimate of drug-likeness (QED) is 0.286. The average Bonchev–Trinajstić information content (AvgIpc) is 2.93. The van der Waals surface area contributed by atoms with Crippen LogP contribution < -0.4 is 5.32 Å². The highest BCUT2D eigenvalue weighted by Crippen LogP contribution is 2.36. The summed E-state index contributed by atoms with van der Waals surface area (Å²) in [5.74, 6) is 0.936. The molecule has 2 heteroatoms. The first-order chi connectivity index (χ1) is 17.4. The molecule has 0 bridgehead atoms. The van der Waals surface area contributed by atoms with Gasteiger partial charge < -0.3 is 10.2 Å². The van der Waals surface area contributed by atoms with Crippen molar-refractivity contribution in [1.82, 2.24) is 10.2 Å². The minimum absolute atomic E-state index is 0.514. The monoisotopic (exact) mass is 484 g/mol. The maximum atomic E-state index is 3.46. The zero-order valence-electron chi connectivity index (χ0n) is 23.7. The number of benzene rings is 4. The van der Waals surface area contributed by atoms with E-state index in [-0.39, 0.29) is 0 Å². The average molecular weight is 485 g/mol. The fourth-order valence-electron chi connectivity index (χ4n) is 6.32. The van der Waals surface area contributed by atoms with Crippen molar-refractivity contribution in [3.8, 4) is 0 Å². The standard InChI is InChI=1S/C18H14.C14H28N2.C2H6/c1-2-12-10-15-8-6-13-4-3-5-14-7-9-16(11-12)18(15)17(13)14;1-14(2,3)12-6-10-16(11-7-12)13-4-8-15-9-5-13;1-2/h3-11H,2H2,1H3;12-13,15H,4-11H2,1-3H3;1-2H3. The van der Waals surface area contributed by atoms with Gasteiger partial charge >= 0.3 is 0 Å². The second-order valence-electron chi connectivity index (χ2n) is 11.6. The molecule has 0 aromatic heterocycles. The highest BCUT2D eigenvalue weighted by atomic mass is 15.2. The molecule has 194 valence electrons. The van der Waals surface area contributed by atoms with E-state index in [1.54, 1.807) is 0 Å². The van der Waals surface area contributed by atoms with E-state index in [9.17, 15) is 0 Å². The van der Waals surface area contributed by atoms with E-state index in [4.69, 9.17) is 0 Å². The number of aryl methyl sites for hydroxylation is 1. The highest BCUT2D eigenvalue weighted by molar-refractivity contribution is 6.23. The second-order valence-corrected chi connectivity index (χ2v) is 11.6. The number of nitrogens with one attached hydrogen (secondary N) is 1. The lowest BCUT2D eigenvalue weighted by Gasteiger charge is -2.43. The third kappa shape index (κ3) is 5.87. The van der Waals surface area contributed by atoms with Crippen LogP contribution >= 0.6 is 0 Å². The largest absolute Gasteiger partial charge is 0.317 e. The van der Waals surface area contributed by atoms with Gasteiger partial charge in [-0.25, -0.2) is 0 Å². The number of likely N-dealkylation sites (tertiary alicyclic amines) is 1. The number of rotatable bonds is 2. The molecule has 0 unspecified atom stereocenters. The van der Waals surface area contributed by atoms with E-state index in [0.29, 0.717) is 5.41 Å². The van der Waals surface area contributed by atoms with Crippen LogP contribution in [0.2, 0.25) is 0 Å². The molecule has 4 aromatic carbocycles. The van der Waals surface area contributed by atoms with Gasteiger partial charge in [0, 0.05) is 6.04 Å². The van der Waals surface area contributed by atoms with Crippen molar-refractivity contribution >= 4 is 32.3 Å². The molecule has 0 aliphatic carbocycles. The van der Waals surface area contributed by atoms with Gasteiger partial charge in [0.1, 0.15) is 0 Å². The Morgan fingerprint density at radius 2 is 1.25 bits per heavy atom. The predicted octanol–water partition coefficient (Wildman–Crippen LogP) is 8.67. The summed E-state index contributed by atoms with van der Waals surface area (Å²) in [6.07, 6.45) is 6.64. The SMILES string of the molecule is CC.CC(C)(C)C1CCN(C2CCNCC2)CC1.CCc1cc2ccc3cccc4ccc(c1)c2c34. The van der Waals surface area contributed by atoms with Crippen molar-refractivity contribution < 1.29 is 0 Å². The van der Waals surface area contributed by atoms with Crippen LogP contribution in [0.25, 0.3) is 32.3 Å². The molecule has 6 rings (SSSR count). The molecule has 2 fully saturated rings. The molecule has 0 amide bonds. The summed E-state index contributed by atoms with van der Waals surface area (Å²) >= 11 is 0.